The van der Waals surface area contributed by atoms with Crippen LogP contribution in [0.4, 0.5) is 5.69 Å². The van der Waals surface area contributed by atoms with Gasteiger partial charge in [0.05, 0.1) is 4.92 Å². The monoisotopic (exact) mass is 306 g/mol. The van der Waals surface area contributed by atoms with E-state index in [-0.39, 0.29) is 11.6 Å². The number of hydrogen-bond acceptors (Lipinski definition) is 4. The summed E-state index contributed by atoms with van der Waals surface area (Å²) in [5, 5.41) is 13.5. The minimum absolute atomic E-state index is 0.00162. The number of ether oxygens (including phenoxy) is 1. The van der Waals surface area contributed by atoms with Gasteiger partial charge in [-0.25, -0.2) is 0 Å². The van der Waals surface area contributed by atoms with E-state index in [1.54, 1.807) is 6.92 Å². The number of hydrogen-bond donors (Lipinski definition) is 1. The van der Waals surface area contributed by atoms with Gasteiger partial charge in [-0.05, 0) is 37.8 Å². The van der Waals surface area contributed by atoms with Crippen LogP contribution in [0.25, 0.3) is 0 Å². The molecule has 1 fully saturated rings. The molecule has 1 aromatic carbocycles. The highest BCUT2D eigenvalue weighted by molar-refractivity contribution is 5.80. The average Bonchev–Trinajstić information content (AvgIpc) is 2.54. The van der Waals surface area contributed by atoms with E-state index in [4.69, 9.17) is 4.74 Å². The van der Waals surface area contributed by atoms with Crippen LogP contribution in [-0.4, -0.2) is 23.5 Å². The number of carbonyl (C=O) groups is 1. The Morgan fingerprint density at radius 2 is 1.95 bits per heavy atom. The van der Waals surface area contributed by atoms with Crippen molar-refractivity contribution < 1.29 is 14.5 Å². The summed E-state index contributed by atoms with van der Waals surface area (Å²) in [7, 11) is 0. The van der Waals surface area contributed by atoms with Crippen molar-refractivity contribution in [3.63, 3.8) is 0 Å². The predicted octanol–water partition coefficient (Wildman–Crippen LogP) is 3.06. The van der Waals surface area contributed by atoms with Gasteiger partial charge < -0.3 is 10.1 Å². The first-order valence-corrected chi connectivity index (χ1v) is 7.75. The molecule has 2 rings (SSSR count). The largest absolute Gasteiger partial charge is 0.481 e. The number of amides is 1. The van der Waals surface area contributed by atoms with Crippen molar-refractivity contribution >= 4 is 11.6 Å². The summed E-state index contributed by atoms with van der Waals surface area (Å²) in [6.07, 6.45) is 5.52. The van der Waals surface area contributed by atoms with Gasteiger partial charge >= 0.3 is 0 Å². The van der Waals surface area contributed by atoms with Crippen molar-refractivity contribution in [1.82, 2.24) is 5.32 Å². The van der Waals surface area contributed by atoms with Gasteiger partial charge in [-0.3, -0.25) is 14.9 Å². The van der Waals surface area contributed by atoms with Crippen molar-refractivity contribution in [2.45, 2.75) is 45.1 Å². The molecular formula is C16H22N2O4. The Kier molecular flexibility index (Phi) is 5.75. The number of nitro groups is 1. The van der Waals surface area contributed by atoms with E-state index in [0.29, 0.717) is 18.2 Å². The second-order valence-corrected chi connectivity index (χ2v) is 5.76. The Morgan fingerprint density at radius 3 is 2.55 bits per heavy atom. The second kappa shape index (κ2) is 7.77. The number of nitro benzene ring substituents is 1. The van der Waals surface area contributed by atoms with Gasteiger partial charge in [-0.1, -0.05) is 19.3 Å². The van der Waals surface area contributed by atoms with Crippen LogP contribution in [0.15, 0.2) is 24.3 Å². The van der Waals surface area contributed by atoms with Gasteiger partial charge in [0.1, 0.15) is 5.75 Å². The van der Waals surface area contributed by atoms with Crippen molar-refractivity contribution in [3.8, 4) is 5.75 Å². The van der Waals surface area contributed by atoms with E-state index in [1.807, 2.05) is 0 Å². The van der Waals surface area contributed by atoms with Crippen LogP contribution in [-0.2, 0) is 4.79 Å². The molecule has 0 heterocycles. The summed E-state index contributed by atoms with van der Waals surface area (Å²) in [6.45, 7) is 2.38. The molecule has 0 saturated heterocycles. The van der Waals surface area contributed by atoms with E-state index < -0.39 is 11.0 Å². The zero-order valence-corrected chi connectivity index (χ0v) is 12.8. The predicted molar refractivity (Wildman–Crippen MR) is 82.8 cm³/mol. The molecule has 0 aromatic heterocycles. The van der Waals surface area contributed by atoms with Crippen LogP contribution in [0.2, 0.25) is 0 Å². The summed E-state index contributed by atoms with van der Waals surface area (Å²) in [4.78, 5) is 22.1. The van der Waals surface area contributed by atoms with Crippen molar-refractivity contribution in [2.24, 2.45) is 5.92 Å². The highest BCUT2D eigenvalue weighted by Crippen LogP contribution is 2.23. The first kappa shape index (κ1) is 16.3. The minimum Gasteiger partial charge on any atom is -0.481 e. The van der Waals surface area contributed by atoms with Crippen LogP contribution in [0.1, 0.15) is 39.0 Å². The molecule has 0 aliphatic heterocycles. The lowest BCUT2D eigenvalue weighted by molar-refractivity contribution is -0.384. The molecule has 1 N–H and O–H groups in total. The molecule has 22 heavy (non-hydrogen) atoms. The number of carbonyl (C=O) groups excluding carboxylic acids is 1. The van der Waals surface area contributed by atoms with Gasteiger partial charge in [-0.15, -0.1) is 0 Å². The molecule has 0 spiro atoms. The maximum Gasteiger partial charge on any atom is 0.269 e. The van der Waals surface area contributed by atoms with Crippen LogP contribution in [0, 0.1) is 16.0 Å². The molecule has 0 radical (unpaired) electrons. The third-order valence-corrected chi connectivity index (χ3v) is 4.02. The lowest BCUT2D eigenvalue weighted by Crippen LogP contribution is -2.39. The smallest absolute Gasteiger partial charge is 0.269 e. The van der Waals surface area contributed by atoms with Crippen molar-refractivity contribution in [2.75, 3.05) is 6.54 Å². The molecule has 0 unspecified atom stereocenters. The first-order chi connectivity index (χ1) is 10.6. The summed E-state index contributed by atoms with van der Waals surface area (Å²) in [6, 6.07) is 5.73. The quantitative estimate of drug-likeness (QED) is 0.647. The lowest BCUT2D eigenvalue weighted by Gasteiger charge is -2.22. The Morgan fingerprint density at radius 1 is 1.32 bits per heavy atom. The molecule has 1 amide bonds. The van der Waals surface area contributed by atoms with Crippen molar-refractivity contribution in [3.05, 3.63) is 34.4 Å². The normalized spacial score (nSPS) is 16.8. The number of nitrogens with one attached hydrogen (secondary N) is 1. The fourth-order valence-electron chi connectivity index (χ4n) is 2.68. The van der Waals surface area contributed by atoms with Gasteiger partial charge in [0.25, 0.3) is 11.6 Å². The Labute approximate surface area is 130 Å². The van der Waals surface area contributed by atoms with E-state index in [0.717, 1.165) is 0 Å². The zero-order chi connectivity index (χ0) is 15.9. The molecular weight excluding hydrogens is 284 g/mol. The maximum atomic E-state index is 12.0. The molecule has 1 aromatic rings. The Bertz CT molecular complexity index is 509. The molecule has 6 nitrogen and oxygen atoms in total. The Balaban J connectivity index is 1.78. The fourth-order valence-corrected chi connectivity index (χ4v) is 2.68. The minimum atomic E-state index is -0.620. The number of non-ortho nitro benzene ring substituents is 1. The third kappa shape index (κ3) is 4.72. The van der Waals surface area contributed by atoms with Gasteiger partial charge in [0, 0.05) is 18.7 Å². The molecule has 1 aliphatic carbocycles. The van der Waals surface area contributed by atoms with E-state index >= 15 is 0 Å². The lowest BCUT2D eigenvalue weighted by atomic mass is 9.89. The number of benzene rings is 1. The Hall–Kier alpha value is -2.11. The molecule has 6 heteroatoms. The summed E-state index contributed by atoms with van der Waals surface area (Å²) in [5.74, 6) is 0.874. The van der Waals surface area contributed by atoms with E-state index in [1.165, 1.54) is 56.4 Å². The number of nitrogens with zero attached hydrogens (tertiary/aromatic N) is 1. The van der Waals surface area contributed by atoms with Gasteiger partial charge in [0.15, 0.2) is 6.10 Å². The zero-order valence-electron chi connectivity index (χ0n) is 12.8. The molecule has 0 bridgehead atoms. The summed E-state index contributed by atoms with van der Waals surface area (Å²) in [5.41, 5.74) is 0.00162. The van der Waals surface area contributed by atoms with Crippen LogP contribution < -0.4 is 10.1 Å². The highest BCUT2D eigenvalue weighted by atomic mass is 16.6. The van der Waals surface area contributed by atoms with Crippen LogP contribution in [0.3, 0.4) is 0 Å². The maximum absolute atomic E-state index is 12.0. The molecule has 120 valence electrons. The average molecular weight is 306 g/mol. The SMILES string of the molecule is C[C@@H](Oc1ccc([N+](=O)[O-])cc1)C(=O)NCC1CCCCC1. The molecule has 1 aliphatic rings. The van der Waals surface area contributed by atoms with Gasteiger partial charge in [-0.2, -0.15) is 0 Å². The third-order valence-electron chi connectivity index (χ3n) is 4.02. The first-order valence-electron chi connectivity index (χ1n) is 7.75. The summed E-state index contributed by atoms with van der Waals surface area (Å²) >= 11 is 0. The second-order valence-electron chi connectivity index (χ2n) is 5.76. The highest BCUT2D eigenvalue weighted by Gasteiger charge is 2.18. The molecule has 1 saturated carbocycles. The standard InChI is InChI=1S/C16H22N2O4/c1-12(16(19)17-11-13-5-3-2-4-6-13)22-15-9-7-14(8-10-15)18(20)21/h7-10,12-13H,2-6,11H2,1H3,(H,17,19)/t12-/m1/s1. The molecule has 1 atom stereocenters. The van der Waals surface area contributed by atoms with E-state index in [9.17, 15) is 14.9 Å². The van der Waals surface area contributed by atoms with Crippen LogP contribution >= 0.6 is 0 Å². The number of rotatable bonds is 6. The topological polar surface area (TPSA) is 81.5 Å². The summed E-state index contributed by atoms with van der Waals surface area (Å²) < 4.78 is 5.52. The fraction of sp³-hybridized carbons (Fsp3) is 0.562. The van der Waals surface area contributed by atoms with E-state index in [2.05, 4.69) is 5.32 Å². The van der Waals surface area contributed by atoms with Crippen molar-refractivity contribution in [1.29, 1.82) is 0 Å². The van der Waals surface area contributed by atoms with Crippen LogP contribution in [0.5, 0.6) is 5.75 Å². The van der Waals surface area contributed by atoms with Gasteiger partial charge in [0.2, 0.25) is 0 Å².